The Labute approximate surface area is 234 Å². The first-order valence-corrected chi connectivity index (χ1v) is 13.7. The minimum absolute atomic E-state index is 0.0457. The summed E-state index contributed by atoms with van der Waals surface area (Å²) in [4.78, 5) is 29.0. The Morgan fingerprint density at radius 2 is 1.75 bits per heavy atom. The lowest BCUT2D eigenvalue weighted by Gasteiger charge is -2.25. The Hall–Kier alpha value is -3.69. The summed E-state index contributed by atoms with van der Waals surface area (Å²) in [6.07, 6.45) is 3.19. The van der Waals surface area contributed by atoms with Crippen LogP contribution in [-0.2, 0) is 40.1 Å². The van der Waals surface area contributed by atoms with Gasteiger partial charge in [0.25, 0.3) is 0 Å². The molecule has 1 amide bonds. The summed E-state index contributed by atoms with van der Waals surface area (Å²) in [6, 6.07) is 16.3. The smallest absolute Gasteiger partial charge is 0.306 e. The molecule has 1 heterocycles. The fourth-order valence-corrected chi connectivity index (χ4v) is 4.32. The van der Waals surface area contributed by atoms with Gasteiger partial charge in [-0.2, -0.15) is 0 Å². The lowest BCUT2D eigenvalue weighted by Crippen LogP contribution is -2.46. The summed E-state index contributed by atoms with van der Waals surface area (Å²) in [5.74, 6) is -2.02. The lowest BCUT2D eigenvalue weighted by atomic mass is 10.0. The Morgan fingerprint density at radius 3 is 2.48 bits per heavy atom. The molecular weight excluding hydrogens is 514 g/mol. The summed E-state index contributed by atoms with van der Waals surface area (Å²) in [7, 11) is 0. The van der Waals surface area contributed by atoms with E-state index in [-0.39, 0.29) is 31.7 Å². The topological polar surface area (TPSA) is 106 Å². The van der Waals surface area contributed by atoms with Gasteiger partial charge in [0, 0.05) is 62.9 Å². The number of halogens is 2. The third kappa shape index (κ3) is 11.2. The zero-order valence-corrected chi connectivity index (χ0v) is 22.9. The third-order valence-corrected chi connectivity index (χ3v) is 6.44. The van der Waals surface area contributed by atoms with Gasteiger partial charge in [-0.25, -0.2) is 8.78 Å². The molecule has 0 saturated carbocycles. The lowest BCUT2D eigenvalue weighted by molar-refractivity contribution is -0.150. The predicted molar refractivity (Wildman–Crippen MR) is 150 cm³/mol. The largest absolute Gasteiger partial charge is 0.459 e. The van der Waals surface area contributed by atoms with Gasteiger partial charge in [-0.05, 0) is 60.2 Å². The maximum absolute atomic E-state index is 13.7. The molecule has 4 N–H and O–H groups in total. The molecule has 2 atom stereocenters. The molecule has 214 valence electrons. The molecule has 0 aliphatic heterocycles. The highest BCUT2D eigenvalue weighted by Gasteiger charge is 2.23. The van der Waals surface area contributed by atoms with Crippen molar-refractivity contribution in [3.63, 3.8) is 0 Å². The molecule has 0 spiro atoms. The van der Waals surface area contributed by atoms with Gasteiger partial charge in [-0.3, -0.25) is 14.6 Å². The highest BCUT2D eigenvalue weighted by molar-refractivity contribution is 5.77. The third-order valence-electron chi connectivity index (χ3n) is 6.44. The predicted octanol–water partition coefficient (Wildman–Crippen LogP) is 4.02. The average Bonchev–Trinajstić information content (AvgIpc) is 2.92. The molecule has 0 bridgehead atoms. The number of aryl methyl sites for hydroxylation is 1. The Morgan fingerprint density at radius 1 is 0.975 bits per heavy atom. The molecule has 2 unspecified atom stereocenters. The van der Waals surface area contributed by atoms with E-state index in [0.29, 0.717) is 31.5 Å². The Kier molecular flexibility index (Phi) is 12.7. The first-order valence-electron chi connectivity index (χ1n) is 13.7. The monoisotopic (exact) mass is 552 g/mol. The first-order chi connectivity index (χ1) is 19.3. The van der Waals surface area contributed by atoms with Crippen LogP contribution in [0.1, 0.15) is 48.6 Å². The normalized spacial score (nSPS) is 12.5. The van der Waals surface area contributed by atoms with E-state index >= 15 is 0 Å². The van der Waals surface area contributed by atoms with E-state index in [0.717, 1.165) is 23.7 Å². The van der Waals surface area contributed by atoms with Crippen LogP contribution in [0.5, 0.6) is 0 Å². The number of amides is 1. The number of aromatic nitrogens is 1. The van der Waals surface area contributed by atoms with Crippen LogP contribution in [0.15, 0.2) is 66.9 Å². The molecule has 0 radical (unpaired) electrons. The number of hydrogen-bond acceptors (Lipinski definition) is 6. The average molecular weight is 553 g/mol. The second-order valence-electron chi connectivity index (χ2n) is 9.75. The Bertz CT molecular complexity index is 1210. The maximum Gasteiger partial charge on any atom is 0.306 e. The summed E-state index contributed by atoms with van der Waals surface area (Å²) in [6.45, 7) is 3.35. The van der Waals surface area contributed by atoms with Gasteiger partial charge in [0.1, 0.15) is 17.7 Å². The standard InChI is InChI=1S/C31H38F2N4O3/c1-2-22-7-5-8-23(15-22)20-35-21-29(28(34)18-24-16-25(32)19-26(33)17-24)40-31(39)11-6-10-30(38)37-14-12-27-9-3-4-13-36-27/h3-5,7-9,13,15-17,19,28-29,35H,2,6,10-12,14,18,20-21,34H2,1H3,(H,37,38). The molecule has 0 aliphatic carbocycles. The number of benzene rings is 2. The fraction of sp³-hybridized carbons (Fsp3) is 0.387. The minimum Gasteiger partial charge on any atom is -0.459 e. The van der Waals surface area contributed by atoms with Gasteiger partial charge < -0.3 is 21.1 Å². The van der Waals surface area contributed by atoms with Crippen LogP contribution in [0, 0.1) is 11.6 Å². The number of nitrogens with one attached hydrogen (secondary N) is 2. The van der Waals surface area contributed by atoms with Crippen molar-refractivity contribution in [2.45, 2.75) is 64.1 Å². The van der Waals surface area contributed by atoms with E-state index in [4.69, 9.17) is 10.5 Å². The maximum atomic E-state index is 13.7. The number of hydrogen-bond donors (Lipinski definition) is 3. The van der Waals surface area contributed by atoms with Gasteiger partial charge in [-0.1, -0.05) is 37.3 Å². The number of nitrogens with two attached hydrogens (primary N) is 1. The second-order valence-corrected chi connectivity index (χ2v) is 9.75. The molecule has 3 rings (SSSR count). The molecule has 0 fully saturated rings. The SMILES string of the molecule is CCc1cccc(CNCC(OC(=O)CCCC(=O)NCCc2ccccn2)C(N)Cc2cc(F)cc(F)c2)c1. The van der Waals surface area contributed by atoms with Crippen molar-refractivity contribution >= 4 is 11.9 Å². The van der Waals surface area contributed by atoms with Crippen LogP contribution in [-0.4, -0.2) is 42.1 Å². The van der Waals surface area contributed by atoms with E-state index in [1.54, 1.807) is 6.20 Å². The summed E-state index contributed by atoms with van der Waals surface area (Å²) in [5, 5.41) is 6.11. The van der Waals surface area contributed by atoms with E-state index in [2.05, 4.69) is 34.7 Å². The van der Waals surface area contributed by atoms with Crippen LogP contribution >= 0.6 is 0 Å². The molecule has 0 saturated heterocycles. The summed E-state index contributed by atoms with van der Waals surface area (Å²) >= 11 is 0. The van der Waals surface area contributed by atoms with Crippen molar-refractivity contribution in [3.8, 4) is 0 Å². The van der Waals surface area contributed by atoms with Crippen molar-refractivity contribution < 1.29 is 23.1 Å². The highest BCUT2D eigenvalue weighted by Crippen LogP contribution is 2.13. The van der Waals surface area contributed by atoms with Crippen molar-refractivity contribution in [2.24, 2.45) is 5.73 Å². The summed E-state index contributed by atoms with van der Waals surface area (Å²) in [5.41, 5.74) is 9.94. The second kappa shape index (κ2) is 16.4. The molecule has 0 aliphatic rings. The van der Waals surface area contributed by atoms with Crippen molar-refractivity contribution in [1.29, 1.82) is 0 Å². The number of carbonyl (C=O) groups excluding carboxylic acids is 2. The van der Waals surface area contributed by atoms with Crippen LogP contribution in [0.25, 0.3) is 0 Å². The molecule has 1 aromatic heterocycles. The first kappa shape index (κ1) is 30.8. The van der Waals surface area contributed by atoms with E-state index in [1.165, 1.54) is 17.7 Å². The van der Waals surface area contributed by atoms with Crippen molar-refractivity contribution in [2.75, 3.05) is 13.1 Å². The van der Waals surface area contributed by atoms with Crippen LogP contribution in [0.3, 0.4) is 0 Å². The fourth-order valence-electron chi connectivity index (χ4n) is 4.32. The number of rotatable bonds is 16. The number of esters is 1. The molecule has 9 heteroatoms. The number of nitrogens with zero attached hydrogens (tertiary/aromatic N) is 1. The zero-order valence-electron chi connectivity index (χ0n) is 22.9. The zero-order chi connectivity index (χ0) is 28.7. The molecule has 2 aromatic carbocycles. The Balaban J connectivity index is 1.49. The molecule has 3 aromatic rings. The van der Waals surface area contributed by atoms with Crippen molar-refractivity contribution in [3.05, 3.63) is 101 Å². The van der Waals surface area contributed by atoms with E-state index in [1.807, 2.05) is 30.3 Å². The van der Waals surface area contributed by atoms with E-state index in [9.17, 15) is 18.4 Å². The van der Waals surface area contributed by atoms with Crippen LogP contribution < -0.4 is 16.4 Å². The van der Waals surface area contributed by atoms with Gasteiger partial charge >= 0.3 is 5.97 Å². The highest BCUT2D eigenvalue weighted by atomic mass is 19.1. The molecule has 40 heavy (non-hydrogen) atoms. The van der Waals surface area contributed by atoms with Gasteiger partial charge in [0.15, 0.2) is 0 Å². The van der Waals surface area contributed by atoms with E-state index < -0.39 is 29.7 Å². The van der Waals surface area contributed by atoms with Crippen LogP contribution in [0.2, 0.25) is 0 Å². The van der Waals surface area contributed by atoms with Crippen LogP contribution in [0.4, 0.5) is 8.78 Å². The van der Waals surface area contributed by atoms with Gasteiger partial charge in [0.05, 0.1) is 0 Å². The van der Waals surface area contributed by atoms with Gasteiger partial charge in [-0.15, -0.1) is 0 Å². The van der Waals surface area contributed by atoms with Gasteiger partial charge in [0.2, 0.25) is 5.91 Å². The molecule has 7 nitrogen and oxygen atoms in total. The number of ether oxygens (including phenoxy) is 1. The minimum atomic E-state index is -0.736. The summed E-state index contributed by atoms with van der Waals surface area (Å²) < 4.78 is 33.1. The number of carbonyl (C=O) groups is 2. The number of pyridine rings is 1. The molecular formula is C31H38F2N4O3. The quantitative estimate of drug-likeness (QED) is 0.232. The van der Waals surface area contributed by atoms with Crippen molar-refractivity contribution in [1.82, 2.24) is 15.6 Å².